The van der Waals surface area contributed by atoms with Gasteiger partial charge in [-0.15, -0.1) is 5.10 Å². The maximum atomic E-state index is 12.6. The van der Waals surface area contributed by atoms with Crippen LogP contribution >= 0.6 is 11.5 Å². The minimum Gasteiger partial charge on any atom is -0.306 e. The fourth-order valence-electron chi connectivity index (χ4n) is 2.25. The predicted octanol–water partition coefficient (Wildman–Crippen LogP) is 2.35. The van der Waals surface area contributed by atoms with Crippen molar-refractivity contribution in [3.05, 3.63) is 34.5 Å². The Labute approximate surface area is 160 Å². The van der Waals surface area contributed by atoms with E-state index in [1.54, 1.807) is 19.9 Å². The Balaban J connectivity index is 2.06. The van der Waals surface area contributed by atoms with Crippen molar-refractivity contribution in [3.63, 3.8) is 0 Å². The van der Waals surface area contributed by atoms with Gasteiger partial charge in [0.05, 0.1) is 22.7 Å². The molecule has 1 aliphatic heterocycles. The second-order valence-electron chi connectivity index (χ2n) is 7.11. The molecule has 2 amide bonds. The van der Waals surface area contributed by atoms with E-state index in [0.29, 0.717) is 27.8 Å². The molecule has 1 N–H and O–H groups in total. The quantitative estimate of drug-likeness (QED) is 0.797. The van der Waals surface area contributed by atoms with Crippen molar-refractivity contribution in [1.29, 1.82) is 0 Å². The van der Waals surface area contributed by atoms with E-state index in [9.17, 15) is 9.59 Å². The molecule has 2 aromatic rings. The smallest absolute Gasteiger partial charge is 0.281 e. The molecule has 1 aliphatic rings. The minimum absolute atomic E-state index is 0.0786. The lowest BCUT2D eigenvalue weighted by Gasteiger charge is -2.14. The molecule has 0 fully saturated rings. The van der Waals surface area contributed by atoms with Crippen LogP contribution in [0, 0.1) is 6.92 Å². The number of hydrogen-bond acceptors (Lipinski definition) is 7. The summed E-state index contributed by atoms with van der Waals surface area (Å²) in [5.74, 6) is -0.412. The molecule has 10 heteroatoms. The number of rotatable bonds is 2. The Bertz CT molecular complexity index is 1020. The van der Waals surface area contributed by atoms with E-state index in [4.69, 9.17) is 0 Å². The third kappa shape index (κ3) is 3.61. The molecule has 0 unspecified atom stereocenters. The van der Waals surface area contributed by atoms with Gasteiger partial charge in [0.25, 0.3) is 17.8 Å². The number of aliphatic imine (C=N–C) groups is 2. The van der Waals surface area contributed by atoms with E-state index in [2.05, 4.69) is 36.6 Å². The molecule has 0 radical (unpaired) electrons. The van der Waals surface area contributed by atoms with E-state index in [-0.39, 0.29) is 22.9 Å². The lowest BCUT2D eigenvalue weighted by molar-refractivity contribution is -0.113. The molecule has 9 nitrogen and oxygen atoms in total. The molecule has 0 spiro atoms. The van der Waals surface area contributed by atoms with Crippen LogP contribution in [0.15, 0.2) is 28.2 Å². The number of anilines is 1. The molecule has 3 heterocycles. The molecule has 140 valence electrons. The Morgan fingerprint density at radius 3 is 2.52 bits per heavy atom. The highest BCUT2D eigenvalue weighted by Gasteiger charge is 2.26. The van der Waals surface area contributed by atoms with Crippen LogP contribution in [0.1, 0.15) is 48.8 Å². The fourth-order valence-corrected chi connectivity index (χ4v) is 2.80. The van der Waals surface area contributed by atoms with E-state index < -0.39 is 5.91 Å². The van der Waals surface area contributed by atoms with Crippen LogP contribution in [0.4, 0.5) is 5.82 Å². The largest absolute Gasteiger partial charge is 0.306 e. The van der Waals surface area contributed by atoms with Gasteiger partial charge in [-0.05, 0) is 25.4 Å². The standard InChI is InChI=1S/C17H19N7O2S/c1-8-9(2)18-16(20-14(8)25)24-12(7-11(22-24)17(4,5)6)19-15(26)13-10(3)21-23-27-13/h7H,1H2,2-6H3,(H,19,26). The van der Waals surface area contributed by atoms with Crippen molar-refractivity contribution >= 4 is 40.8 Å². The van der Waals surface area contributed by atoms with E-state index >= 15 is 0 Å². The summed E-state index contributed by atoms with van der Waals surface area (Å²) >= 11 is 1.01. The Hall–Kier alpha value is -3.01. The molecule has 0 saturated carbocycles. The van der Waals surface area contributed by atoms with Crippen molar-refractivity contribution in [2.24, 2.45) is 9.98 Å². The molecule has 27 heavy (non-hydrogen) atoms. The average Bonchev–Trinajstić information content (AvgIpc) is 3.18. The van der Waals surface area contributed by atoms with Crippen LogP contribution in [0.2, 0.25) is 0 Å². The van der Waals surface area contributed by atoms with E-state index in [1.165, 1.54) is 4.68 Å². The van der Waals surface area contributed by atoms with Crippen LogP contribution in [0.5, 0.6) is 0 Å². The first-order valence-electron chi connectivity index (χ1n) is 8.16. The summed E-state index contributed by atoms with van der Waals surface area (Å²) in [6.45, 7) is 13.0. The molecule has 0 saturated heterocycles. The molecule has 0 bridgehead atoms. The minimum atomic E-state index is -0.481. The van der Waals surface area contributed by atoms with Crippen molar-refractivity contribution in [3.8, 4) is 0 Å². The number of aromatic nitrogens is 4. The molecule has 3 rings (SSSR count). The monoisotopic (exact) mass is 385 g/mol. The lowest BCUT2D eigenvalue weighted by atomic mass is 9.92. The van der Waals surface area contributed by atoms with Crippen LogP contribution in [0.25, 0.3) is 0 Å². The van der Waals surface area contributed by atoms with Gasteiger partial charge in [0.1, 0.15) is 10.7 Å². The number of nitrogens with one attached hydrogen (secondary N) is 1. The van der Waals surface area contributed by atoms with Gasteiger partial charge in [-0.1, -0.05) is 31.8 Å². The van der Waals surface area contributed by atoms with Crippen LogP contribution in [0.3, 0.4) is 0 Å². The zero-order chi connectivity index (χ0) is 19.9. The summed E-state index contributed by atoms with van der Waals surface area (Å²) in [6, 6.07) is 1.74. The fraction of sp³-hybridized carbons (Fsp3) is 0.353. The summed E-state index contributed by atoms with van der Waals surface area (Å²) in [6.07, 6.45) is 0. The first-order valence-corrected chi connectivity index (χ1v) is 8.94. The maximum absolute atomic E-state index is 12.6. The Morgan fingerprint density at radius 1 is 1.26 bits per heavy atom. The van der Waals surface area contributed by atoms with Gasteiger partial charge in [-0.25, -0.2) is 4.99 Å². The van der Waals surface area contributed by atoms with Gasteiger partial charge in [-0.3, -0.25) is 9.59 Å². The maximum Gasteiger partial charge on any atom is 0.281 e. The molecule has 0 atom stereocenters. The SMILES string of the molecule is C=C1C(=O)N=C(n2nc(C(C)(C)C)cc2NC(=O)c2snnc2C)N=C1C. The van der Waals surface area contributed by atoms with Gasteiger partial charge in [-0.2, -0.15) is 14.8 Å². The van der Waals surface area contributed by atoms with Crippen LogP contribution in [-0.4, -0.2) is 42.9 Å². The zero-order valence-electron chi connectivity index (χ0n) is 15.7. The van der Waals surface area contributed by atoms with Crippen LogP contribution < -0.4 is 5.32 Å². The van der Waals surface area contributed by atoms with Crippen molar-refractivity contribution < 1.29 is 9.59 Å². The second-order valence-corrected chi connectivity index (χ2v) is 7.87. The van der Waals surface area contributed by atoms with Crippen molar-refractivity contribution in [2.45, 2.75) is 40.0 Å². The molecule has 2 aromatic heterocycles. The number of carbonyl (C=O) groups is 2. The number of carbonyl (C=O) groups excluding carboxylic acids is 2. The highest BCUT2D eigenvalue weighted by atomic mass is 32.1. The van der Waals surface area contributed by atoms with Gasteiger partial charge >= 0.3 is 0 Å². The normalized spacial score (nSPS) is 14.9. The third-order valence-corrected chi connectivity index (χ3v) is 4.76. The molecular formula is C17H19N7O2S. The van der Waals surface area contributed by atoms with Gasteiger partial charge in [0, 0.05) is 11.5 Å². The highest BCUT2D eigenvalue weighted by Crippen LogP contribution is 2.25. The van der Waals surface area contributed by atoms with Gasteiger partial charge in [0.2, 0.25) is 0 Å². The Morgan fingerprint density at radius 2 is 1.96 bits per heavy atom. The first kappa shape index (κ1) is 18.8. The van der Waals surface area contributed by atoms with E-state index in [1.807, 2.05) is 20.8 Å². The summed E-state index contributed by atoms with van der Waals surface area (Å²) < 4.78 is 5.14. The topological polar surface area (TPSA) is 114 Å². The third-order valence-electron chi connectivity index (χ3n) is 3.93. The summed E-state index contributed by atoms with van der Waals surface area (Å²) in [7, 11) is 0. The molecule has 0 aliphatic carbocycles. The lowest BCUT2D eigenvalue weighted by Crippen LogP contribution is -2.25. The second kappa shape index (κ2) is 6.62. The van der Waals surface area contributed by atoms with Crippen molar-refractivity contribution in [1.82, 2.24) is 19.4 Å². The highest BCUT2D eigenvalue weighted by molar-refractivity contribution is 7.08. The number of nitrogens with zero attached hydrogens (tertiary/aromatic N) is 6. The van der Waals surface area contributed by atoms with Gasteiger partial charge < -0.3 is 5.32 Å². The van der Waals surface area contributed by atoms with Crippen LogP contribution in [-0.2, 0) is 10.2 Å². The average molecular weight is 385 g/mol. The Kier molecular flexibility index (Phi) is 4.60. The predicted molar refractivity (Wildman–Crippen MR) is 104 cm³/mol. The summed E-state index contributed by atoms with van der Waals surface area (Å²) in [5, 5.41) is 11.2. The molecule has 0 aromatic carbocycles. The first-order chi connectivity index (χ1) is 12.6. The summed E-state index contributed by atoms with van der Waals surface area (Å²) in [5.41, 5.74) is 1.66. The molecular weight excluding hydrogens is 366 g/mol. The van der Waals surface area contributed by atoms with Crippen molar-refractivity contribution in [2.75, 3.05) is 5.32 Å². The number of amides is 2. The van der Waals surface area contributed by atoms with E-state index in [0.717, 1.165) is 11.5 Å². The summed E-state index contributed by atoms with van der Waals surface area (Å²) in [4.78, 5) is 33.3. The number of aryl methyl sites for hydroxylation is 1. The zero-order valence-corrected chi connectivity index (χ0v) is 16.5. The number of hydrogen-bond donors (Lipinski definition) is 1. The van der Waals surface area contributed by atoms with Gasteiger partial charge in [0.15, 0.2) is 0 Å².